The van der Waals surface area contributed by atoms with E-state index in [0.717, 1.165) is 18.4 Å². The highest BCUT2D eigenvalue weighted by molar-refractivity contribution is 9.10. The lowest BCUT2D eigenvalue weighted by Gasteiger charge is -2.23. The maximum absolute atomic E-state index is 13.2. The fourth-order valence-corrected chi connectivity index (χ4v) is 2.33. The van der Waals surface area contributed by atoms with Gasteiger partial charge in [0, 0.05) is 6.04 Å². The first kappa shape index (κ1) is 15.6. The van der Waals surface area contributed by atoms with Crippen LogP contribution in [0, 0.1) is 11.2 Å². The van der Waals surface area contributed by atoms with E-state index < -0.39 is 0 Å². The average Bonchev–Trinajstić information content (AvgIpc) is 2.28. The fourth-order valence-electron chi connectivity index (χ4n) is 1.91. The summed E-state index contributed by atoms with van der Waals surface area (Å²) in [6.45, 7) is 6.77. The van der Waals surface area contributed by atoms with E-state index in [1.54, 1.807) is 0 Å². The van der Waals surface area contributed by atoms with Crippen LogP contribution < -0.4 is 5.32 Å². The molecule has 1 unspecified atom stereocenters. The minimum Gasteiger partial charge on any atom is -0.317 e. The van der Waals surface area contributed by atoms with Gasteiger partial charge in [0.25, 0.3) is 0 Å². The van der Waals surface area contributed by atoms with Crippen molar-refractivity contribution in [1.82, 2.24) is 5.32 Å². The van der Waals surface area contributed by atoms with E-state index in [-0.39, 0.29) is 5.82 Å². The summed E-state index contributed by atoms with van der Waals surface area (Å²) < 4.78 is 13.7. The number of nitrogens with one attached hydrogen (secondary N) is 1. The minimum atomic E-state index is -0.200. The maximum Gasteiger partial charge on any atom is 0.137 e. The van der Waals surface area contributed by atoms with Gasteiger partial charge in [0.1, 0.15) is 5.82 Å². The van der Waals surface area contributed by atoms with Crippen LogP contribution in [-0.4, -0.2) is 13.1 Å². The molecule has 0 saturated heterocycles. The predicted molar refractivity (Wildman–Crippen MR) is 79.3 cm³/mol. The third-order valence-electron chi connectivity index (χ3n) is 3.12. The van der Waals surface area contributed by atoms with Crippen LogP contribution in [0.3, 0.4) is 0 Å². The smallest absolute Gasteiger partial charge is 0.137 e. The molecule has 1 atom stereocenters. The quantitative estimate of drug-likeness (QED) is 0.840. The summed E-state index contributed by atoms with van der Waals surface area (Å²) in [4.78, 5) is 0. The van der Waals surface area contributed by atoms with Crippen molar-refractivity contribution in [2.45, 2.75) is 46.1 Å². The van der Waals surface area contributed by atoms with Crippen molar-refractivity contribution in [3.8, 4) is 0 Å². The molecule has 102 valence electrons. The van der Waals surface area contributed by atoms with Gasteiger partial charge in [-0.3, -0.25) is 0 Å². The normalized spacial score (nSPS) is 13.7. The Labute approximate surface area is 118 Å². The van der Waals surface area contributed by atoms with E-state index in [1.165, 1.54) is 12.5 Å². The zero-order chi connectivity index (χ0) is 13.8. The molecule has 1 N–H and O–H groups in total. The molecule has 0 saturated carbocycles. The third kappa shape index (κ3) is 5.49. The van der Waals surface area contributed by atoms with E-state index in [1.807, 2.05) is 19.2 Å². The average molecular weight is 316 g/mol. The first-order valence-corrected chi connectivity index (χ1v) is 7.22. The van der Waals surface area contributed by atoms with E-state index >= 15 is 0 Å². The van der Waals surface area contributed by atoms with Gasteiger partial charge < -0.3 is 5.32 Å². The first-order chi connectivity index (χ1) is 8.31. The number of rotatable bonds is 5. The van der Waals surface area contributed by atoms with Gasteiger partial charge in [-0.1, -0.05) is 26.8 Å². The summed E-state index contributed by atoms with van der Waals surface area (Å²) in [6.07, 6.45) is 3.25. The molecule has 0 fully saturated rings. The van der Waals surface area contributed by atoms with Crippen LogP contribution in [0.5, 0.6) is 0 Å². The molecule has 0 aromatic heterocycles. The molecule has 1 nitrogen and oxygen atoms in total. The predicted octanol–water partition coefficient (Wildman–Crippen LogP) is 4.55. The summed E-state index contributed by atoms with van der Waals surface area (Å²) in [5.74, 6) is -0.200. The third-order valence-corrected chi connectivity index (χ3v) is 3.72. The minimum absolute atomic E-state index is 0.200. The van der Waals surface area contributed by atoms with Gasteiger partial charge in [-0.2, -0.15) is 0 Å². The molecule has 0 amide bonds. The van der Waals surface area contributed by atoms with Gasteiger partial charge >= 0.3 is 0 Å². The van der Waals surface area contributed by atoms with Crippen LogP contribution in [0.15, 0.2) is 22.7 Å². The number of hydrogen-bond donors (Lipinski definition) is 1. The van der Waals surface area contributed by atoms with E-state index in [9.17, 15) is 4.39 Å². The van der Waals surface area contributed by atoms with Crippen LogP contribution in [0.1, 0.15) is 39.2 Å². The molecule has 0 heterocycles. The van der Waals surface area contributed by atoms with Gasteiger partial charge in [0.15, 0.2) is 0 Å². The van der Waals surface area contributed by atoms with Gasteiger partial charge in [0.2, 0.25) is 0 Å². The Morgan fingerprint density at radius 1 is 1.33 bits per heavy atom. The summed E-state index contributed by atoms with van der Waals surface area (Å²) in [6, 6.07) is 5.70. The molecule has 0 bridgehead atoms. The van der Waals surface area contributed by atoms with Gasteiger partial charge in [0.05, 0.1) is 4.47 Å². The van der Waals surface area contributed by atoms with Crippen molar-refractivity contribution in [3.05, 3.63) is 34.1 Å². The second kappa shape index (κ2) is 6.67. The van der Waals surface area contributed by atoms with Crippen LogP contribution >= 0.6 is 15.9 Å². The highest BCUT2D eigenvalue weighted by atomic mass is 79.9. The Balaban J connectivity index is 2.59. The van der Waals surface area contributed by atoms with Gasteiger partial charge in [-0.15, -0.1) is 0 Å². The van der Waals surface area contributed by atoms with Gasteiger partial charge in [-0.25, -0.2) is 4.39 Å². The summed E-state index contributed by atoms with van der Waals surface area (Å²) in [7, 11) is 1.99. The van der Waals surface area contributed by atoms with Crippen molar-refractivity contribution in [3.63, 3.8) is 0 Å². The molecular weight excluding hydrogens is 293 g/mol. The fraction of sp³-hybridized carbons (Fsp3) is 0.600. The lowest BCUT2D eigenvalue weighted by molar-refractivity contribution is 0.334. The number of halogens is 2. The Morgan fingerprint density at radius 2 is 2.00 bits per heavy atom. The molecule has 0 aliphatic heterocycles. The van der Waals surface area contributed by atoms with E-state index in [0.29, 0.717) is 15.9 Å². The van der Waals surface area contributed by atoms with Crippen LogP contribution in [-0.2, 0) is 6.42 Å². The molecule has 0 aliphatic carbocycles. The standard InChI is InChI=1S/C15H23BrFN/c1-15(2,3)8-7-12(18-4)9-11-5-6-14(17)13(16)10-11/h5-6,10,12,18H,7-9H2,1-4H3. The van der Waals surface area contributed by atoms with Crippen LogP contribution in [0.2, 0.25) is 0 Å². The first-order valence-electron chi connectivity index (χ1n) is 6.43. The zero-order valence-electron chi connectivity index (χ0n) is 11.7. The number of hydrogen-bond acceptors (Lipinski definition) is 1. The van der Waals surface area contributed by atoms with Crippen molar-refractivity contribution < 1.29 is 4.39 Å². The second-order valence-electron chi connectivity index (χ2n) is 6.04. The molecular formula is C15H23BrFN. The zero-order valence-corrected chi connectivity index (χ0v) is 13.3. The molecule has 3 heteroatoms. The Hall–Kier alpha value is -0.410. The van der Waals surface area contributed by atoms with Gasteiger partial charge in [-0.05, 0) is 65.4 Å². The van der Waals surface area contributed by atoms with Crippen molar-refractivity contribution in [2.75, 3.05) is 7.05 Å². The van der Waals surface area contributed by atoms with Crippen molar-refractivity contribution in [1.29, 1.82) is 0 Å². The Bertz CT molecular complexity index is 385. The lowest BCUT2D eigenvalue weighted by atomic mass is 9.87. The van der Waals surface area contributed by atoms with Crippen molar-refractivity contribution >= 4 is 15.9 Å². The topological polar surface area (TPSA) is 12.0 Å². The summed E-state index contributed by atoms with van der Waals surface area (Å²) in [5, 5.41) is 3.35. The number of likely N-dealkylation sites (N-methyl/N-ethyl adjacent to an activating group) is 1. The highest BCUT2D eigenvalue weighted by Gasteiger charge is 2.15. The summed E-state index contributed by atoms with van der Waals surface area (Å²) in [5.41, 5.74) is 1.52. The molecule has 1 aromatic rings. The molecule has 0 aliphatic rings. The monoisotopic (exact) mass is 315 g/mol. The molecule has 0 spiro atoms. The Kier molecular flexibility index (Phi) is 5.80. The molecule has 0 radical (unpaired) electrons. The lowest BCUT2D eigenvalue weighted by Crippen LogP contribution is -2.29. The van der Waals surface area contributed by atoms with Crippen molar-refractivity contribution in [2.24, 2.45) is 5.41 Å². The molecule has 1 rings (SSSR count). The molecule has 18 heavy (non-hydrogen) atoms. The summed E-state index contributed by atoms with van der Waals surface area (Å²) >= 11 is 3.23. The SMILES string of the molecule is CNC(CCC(C)(C)C)Cc1ccc(F)c(Br)c1. The molecule has 1 aromatic carbocycles. The van der Waals surface area contributed by atoms with Crippen LogP contribution in [0.25, 0.3) is 0 Å². The van der Waals surface area contributed by atoms with E-state index in [4.69, 9.17) is 0 Å². The highest BCUT2D eigenvalue weighted by Crippen LogP contribution is 2.23. The largest absolute Gasteiger partial charge is 0.317 e. The Morgan fingerprint density at radius 3 is 2.50 bits per heavy atom. The van der Waals surface area contributed by atoms with Crippen LogP contribution in [0.4, 0.5) is 4.39 Å². The second-order valence-corrected chi connectivity index (χ2v) is 6.89. The maximum atomic E-state index is 13.2. The van der Waals surface area contributed by atoms with E-state index in [2.05, 4.69) is 42.0 Å². The number of benzene rings is 1.